The van der Waals surface area contributed by atoms with E-state index in [0.29, 0.717) is 22.4 Å². The fourth-order valence-corrected chi connectivity index (χ4v) is 2.01. The molecule has 98 valence electrons. The minimum atomic E-state index is -0.334. The fourth-order valence-electron chi connectivity index (χ4n) is 1.84. The molecule has 0 aliphatic heterocycles. The average Bonchev–Trinajstić information content (AvgIpc) is 3.21. The van der Waals surface area contributed by atoms with Crippen LogP contribution in [0.5, 0.6) is 5.75 Å². The van der Waals surface area contributed by atoms with Crippen molar-refractivity contribution in [2.45, 2.75) is 18.9 Å². The molecule has 1 aliphatic carbocycles. The van der Waals surface area contributed by atoms with Crippen molar-refractivity contribution in [3.8, 4) is 5.75 Å². The summed E-state index contributed by atoms with van der Waals surface area (Å²) in [6.45, 7) is 0. The first-order valence-corrected chi connectivity index (χ1v) is 6.21. The zero-order valence-corrected chi connectivity index (χ0v) is 11.2. The van der Waals surface area contributed by atoms with Gasteiger partial charge in [-0.1, -0.05) is 11.6 Å². The molecule has 18 heavy (non-hydrogen) atoms. The average molecular weight is 270 g/mol. The standard InChI is InChI=1S/C13H16ClNO3/c1-17-9-5-6-10(14)11(7-9)15-12(8-3-4-8)13(16)18-2/h5-8,12,15H,3-4H2,1-2H3. The van der Waals surface area contributed by atoms with Crippen LogP contribution < -0.4 is 10.1 Å². The maximum absolute atomic E-state index is 11.7. The lowest BCUT2D eigenvalue weighted by Gasteiger charge is -2.18. The second-order valence-corrected chi connectivity index (χ2v) is 4.74. The second-order valence-electron chi connectivity index (χ2n) is 4.33. The van der Waals surface area contributed by atoms with E-state index < -0.39 is 0 Å². The number of hydrogen-bond donors (Lipinski definition) is 1. The number of ether oxygens (including phenoxy) is 2. The molecule has 0 saturated heterocycles. The molecule has 5 heteroatoms. The summed E-state index contributed by atoms with van der Waals surface area (Å²) in [6.07, 6.45) is 2.07. The molecule has 1 saturated carbocycles. The molecule has 1 N–H and O–H groups in total. The molecular weight excluding hydrogens is 254 g/mol. The number of hydrogen-bond acceptors (Lipinski definition) is 4. The summed E-state index contributed by atoms with van der Waals surface area (Å²) < 4.78 is 9.95. The lowest BCUT2D eigenvalue weighted by atomic mass is 10.1. The van der Waals surface area contributed by atoms with Gasteiger partial charge in [-0.05, 0) is 30.9 Å². The number of halogens is 1. The van der Waals surface area contributed by atoms with Gasteiger partial charge in [-0.15, -0.1) is 0 Å². The third-order valence-corrected chi connectivity index (χ3v) is 3.36. The van der Waals surface area contributed by atoms with Crippen molar-refractivity contribution >= 4 is 23.3 Å². The molecule has 0 heterocycles. The number of carbonyl (C=O) groups is 1. The number of rotatable bonds is 5. The summed E-state index contributed by atoms with van der Waals surface area (Å²) in [6, 6.07) is 4.96. The van der Waals surface area contributed by atoms with Crippen molar-refractivity contribution in [1.29, 1.82) is 0 Å². The molecule has 1 unspecified atom stereocenters. The van der Waals surface area contributed by atoms with Gasteiger partial charge in [-0.3, -0.25) is 0 Å². The van der Waals surface area contributed by atoms with Crippen LogP contribution in [0.15, 0.2) is 18.2 Å². The van der Waals surface area contributed by atoms with Crippen molar-refractivity contribution < 1.29 is 14.3 Å². The Morgan fingerprint density at radius 1 is 1.44 bits per heavy atom. The van der Waals surface area contributed by atoms with Gasteiger partial charge in [0.25, 0.3) is 0 Å². The minimum absolute atomic E-state index is 0.253. The van der Waals surface area contributed by atoms with E-state index in [1.807, 2.05) is 0 Å². The van der Waals surface area contributed by atoms with Gasteiger partial charge >= 0.3 is 5.97 Å². The van der Waals surface area contributed by atoms with Gasteiger partial charge in [0.15, 0.2) is 0 Å². The normalized spacial score (nSPS) is 15.9. The molecule has 0 spiro atoms. The maximum atomic E-state index is 11.7. The minimum Gasteiger partial charge on any atom is -0.497 e. The zero-order chi connectivity index (χ0) is 13.1. The first-order valence-electron chi connectivity index (χ1n) is 5.83. The fraction of sp³-hybridized carbons (Fsp3) is 0.462. The van der Waals surface area contributed by atoms with Crippen LogP contribution in [0.3, 0.4) is 0 Å². The first kappa shape index (κ1) is 13.0. The quantitative estimate of drug-likeness (QED) is 0.835. The van der Waals surface area contributed by atoms with Crippen LogP contribution in [-0.2, 0) is 9.53 Å². The van der Waals surface area contributed by atoms with Gasteiger partial charge in [-0.2, -0.15) is 0 Å². The van der Waals surface area contributed by atoms with Crippen LogP contribution in [0, 0.1) is 5.92 Å². The van der Waals surface area contributed by atoms with E-state index in [1.165, 1.54) is 7.11 Å². The Kier molecular flexibility index (Phi) is 3.97. The van der Waals surface area contributed by atoms with Crippen molar-refractivity contribution in [2.75, 3.05) is 19.5 Å². The Bertz CT molecular complexity index is 446. The van der Waals surface area contributed by atoms with Gasteiger partial charge in [0.1, 0.15) is 11.8 Å². The van der Waals surface area contributed by atoms with E-state index in [0.717, 1.165) is 12.8 Å². The molecular formula is C13H16ClNO3. The molecule has 4 nitrogen and oxygen atoms in total. The monoisotopic (exact) mass is 269 g/mol. The molecule has 1 atom stereocenters. The predicted octanol–water partition coefficient (Wildman–Crippen LogP) is 2.71. The molecule has 1 aliphatic rings. The molecule has 1 aromatic carbocycles. The summed E-state index contributed by atoms with van der Waals surface area (Å²) in [4.78, 5) is 11.7. The second kappa shape index (κ2) is 5.48. The van der Waals surface area contributed by atoms with E-state index in [2.05, 4.69) is 5.32 Å². The topological polar surface area (TPSA) is 47.6 Å². The van der Waals surface area contributed by atoms with Crippen LogP contribution >= 0.6 is 11.6 Å². The van der Waals surface area contributed by atoms with Gasteiger partial charge in [0.05, 0.1) is 24.9 Å². The van der Waals surface area contributed by atoms with Crippen LogP contribution in [0.1, 0.15) is 12.8 Å². The maximum Gasteiger partial charge on any atom is 0.328 e. The number of carbonyl (C=O) groups excluding carboxylic acids is 1. The number of esters is 1. The third-order valence-electron chi connectivity index (χ3n) is 3.03. The summed E-state index contributed by atoms with van der Waals surface area (Å²) in [5, 5.41) is 3.71. The molecule has 0 radical (unpaired) electrons. The van der Waals surface area contributed by atoms with E-state index in [1.54, 1.807) is 25.3 Å². The molecule has 2 rings (SSSR count). The molecule has 0 amide bonds. The Hall–Kier alpha value is -1.42. The number of benzene rings is 1. The first-order chi connectivity index (χ1) is 8.65. The van der Waals surface area contributed by atoms with Crippen molar-refractivity contribution in [1.82, 2.24) is 0 Å². The van der Waals surface area contributed by atoms with E-state index in [4.69, 9.17) is 21.1 Å². The van der Waals surface area contributed by atoms with Crippen LogP contribution in [0.25, 0.3) is 0 Å². The van der Waals surface area contributed by atoms with Gasteiger partial charge in [-0.25, -0.2) is 4.79 Å². The van der Waals surface area contributed by atoms with Crippen molar-refractivity contribution in [3.63, 3.8) is 0 Å². The highest BCUT2D eigenvalue weighted by molar-refractivity contribution is 6.33. The summed E-state index contributed by atoms with van der Waals surface area (Å²) in [5.74, 6) is 0.775. The lowest BCUT2D eigenvalue weighted by molar-refractivity contribution is -0.142. The molecule has 0 aromatic heterocycles. The Morgan fingerprint density at radius 3 is 2.72 bits per heavy atom. The van der Waals surface area contributed by atoms with Crippen LogP contribution in [0.2, 0.25) is 5.02 Å². The van der Waals surface area contributed by atoms with Gasteiger partial charge in [0, 0.05) is 6.07 Å². The zero-order valence-electron chi connectivity index (χ0n) is 10.4. The van der Waals surface area contributed by atoms with E-state index >= 15 is 0 Å². The SMILES string of the molecule is COC(=O)C(Nc1cc(OC)ccc1Cl)C1CC1. The van der Waals surface area contributed by atoms with Crippen LogP contribution in [0.4, 0.5) is 5.69 Å². The van der Waals surface area contributed by atoms with Crippen molar-refractivity contribution in [3.05, 3.63) is 23.2 Å². The smallest absolute Gasteiger partial charge is 0.328 e. The van der Waals surface area contributed by atoms with E-state index in [-0.39, 0.29) is 12.0 Å². The summed E-state index contributed by atoms with van der Waals surface area (Å²) in [7, 11) is 2.98. The lowest BCUT2D eigenvalue weighted by Crippen LogP contribution is -2.32. The highest BCUT2D eigenvalue weighted by Crippen LogP contribution is 2.36. The van der Waals surface area contributed by atoms with E-state index in [9.17, 15) is 4.79 Å². The van der Waals surface area contributed by atoms with Crippen molar-refractivity contribution in [2.24, 2.45) is 5.92 Å². The predicted molar refractivity (Wildman–Crippen MR) is 70.2 cm³/mol. The molecule has 1 aromatic rings. The van der Waals surface area contributed by atoms with Crippen LogP contribution in [-0.4, -0.2) is 26.2 Å². The Labute approximate surface area is 111 Å². The number of anilines is 1. The number of nitrogens with one attached hydrogen (secondary N) is 1. The summed E-state index contributed by atoms with van der Waals surface area (Å²) >= 11 is 6.10. The third kappa shape index (κ3) is 2.88. The number of methoxy groups -OCH3 is 2. The highest BCUT2D eigenvalue weighted by atomic mass is 35.5. The van der Waals surface area contributed by atoms with Gasteiger partial charge < -0.3 is 14.8 Å². The van der Waals surface area contributed by atoms with Gasteiger partial charge in [0.2, 0.25) is 0 Å². The molecule has 1 fully saturated rings. The Balaban J connectivity index is 2.17. The molecule has 0 bridgehead atoms. The highest BCUT2D eigenvalue weighted by Gasteiger charge is 2.37. The largest absolute Gasteiger partial charge is 0.497 e. The summed E-state index contributed by atoms with van der Waals surface area (Å²) in [5.41, 5.74) is 0.693. The Morgan fingerprint density at radius 2 is 2.17 bits per heavy atom.